The van der Waals surface area contributed by atoms with Crippen molar-refractivity contribution < 1.29 is 28.6 Å². The molecule has 1 unspecified atom stereocenters. The van der Waals surface area contributed by atoms with Crippen molar-refractivity contribution >= 4 is 17.9 Å². The molecule has 0 spiro atoms. The van der Waals surface area contributed by atoms with E-state index in [0.717, 1.165) is 70.6 Å². The van der Waals surface area contributed by atoms with Crippen LogP contribution in [0.25, 0.3) is 0 Å². The number of ether oxygens (including phenoxy) is 3. The third kappa shape index (κ3) is 60.8. The largest absolute Gasteiger partial charge is 0.462 e. The average molecular weight is 1040 g/mol. The molecule has 0 bridgehead atoms. The topological polar surface area (TPSA) is 78.9 Å². The van der Waals surface area contributed by atoms with Gasteiger partial charge in [0.05, 0.1) is 0 Å². The molecule has 0 aromatic rings. The monoisotopic (exact) mass is 1040 g/mol. The Hall–Kier alpha value is -2.11. The maximum absolute atomic E-state index is 12.9. The number of unbranched alkanes of at least 4 members (excludes halogenated alkanes) is 47. The van der Waals surface area contributed by atoms with Gasteiger partial charge in [-0.2, -0.15) is 0 Å². The predicted octanol–water partition coefficient (Wildman–Crippen LogP) is 22.6. The molecule has 0 fully saturated rings. The lowest BCUT2D eigenvalue weighted by Gasteiger charge is -2.18. The van der Waals surface area contributed by atoms with Gasteiger partial charge in [-0.1, -0.05) is 315 Å². The molecule has 0 rings (SSSR count). The number of carbonyl (C=O) groups is 3. The van der Waals surface area contributed by atoms with E-state index in [1.54, 1.807) is 0 Å². The number of esters is 3. The first kappa shape index (κ1) is 71.9. The van der Waals surface area contributed by atoms with Gasteiger partial charge in [0, 0.05) is 19.3 Å². The van der Waals surface area contributed by atoms with Gasteiger partial charge in [-0.05, 0) is 64.2 Å². The Labute approximate surface area is 462 Å². The summed E-state index contributed by atoms with van der Waals surface area (Å²) in [6.07, 6.45) is 76.4. The molecule has 1 atom stereocenters. The van der Waals surface area contributed by atoms with E-state index in [9.17, 15) is 14.4 Å². The third-order valence-corrected chi connectivity index (χ3v) is 15.2. The van der Waals surface area contributed by atoms with Crippen LogP contribution in [0.1, 0.15) is 374 Å². The zero-order chi connectivity index (χ0) is 53.6. The zero-order valence-corrected chi connectivity index (χ0v) is 50.1. The molecule has 0 saturated carbocycles. The summed E-state index contributed by atoms with van der Waals surface area (Å²) in [4.78, 5) is 38.2. The van der Waals surface area contributed by atoms with Crippen LogP contribution in [0.4, 0.5) is 0 Å². The summed E-state index contributed by atoms with van der Waals surface area (Å²) >= 11 is 0. The van der Waals surface area contributed by atoms with E-state index in [0.29, 0.717) is 19.3 Å². The summed E-state index contributed by atoms with van der Waals surface area (Å²) in [6.45, 7) is 6.65. The lowest BCUT2D eigenvalue weighted by molar-refractivity contribution is -0.167. The summed E-state index contributed by atoms with van der Waals surface area (Å²) in [5.74, 6) is -0.868. The molecule has 6 heteroatoms. The van der Waals surface area contributed by atoms with Crippen molar-refractivity contribution in [2.24, 2.45) is 0 Å². The highest BCUT2D eigenvalue weighted by molar-refractivity contribution is 5.71. The molecule has 0 aromatic heterocycles. The molecular weight excluding hydrogens is 913 g/mol. The number of allylic oxidation sites excluding steroid dienone is 4. The van der Waals surface area contributed by atoms with E-state index in [1.807, 2.05) is 0 Å². The molecule has 0 radical (unpaired) electrons. The first-order valence-corrected chi connectivity index (χ1v) is 33.3. The summed E-state index contributed by atoms with van der Waals surface area (Å²) in [5, 5.41) is 0. The van der Waals surface area contributed by atoms with Crippen LogP contribution < -0.4 is 0 Å². The van der Waals surface area contributed by atoms with Crippen molar-refractivity contribution in [3.63, 3.8) is 0 Å². The smallest absolute Gasteiger partial charge is 0.306 e. The number of hydrogen-bond acceptors (Lipinski definition) is 6. The minimum absolute atomic E-state index is 0.0726. The van der Waals surface area contributed by atoms with Gasteiger partial charge in [0.25, 0.3) is 0 Å². The summed E-state index contributed by atoms with van der Waals surface area (Å²) < 4.78 is 16.9. The highest BCUT2D eigenvalue weighted by atomic mass is 16.6. The quantitative estimate of drug-likeness (QED) is 0.0261. The van der Waals surface area contributed by atoms with Crippen LogP contribution in [0, 0.1) is 0 Å². The summed E-state index contributed by atoms with van der Waals surface area (Å²) in [7, 11) is 0. The van der Waals surface area contributed by atoms with Crippen molar-refractivity contribution in [3.8, 4) is 0 Å². The zero-order valence-electron chi connectivity index (χ0n) is 50.1. The molecule has 0 saturated heterocycles. The SMILES string of the molecule is CCCC/C=C\CCCCCCCC(=O)OCC(COC(=O)CCCCCCCCCCCCCCCCCCCCCCCCCCCCCCC)OC(=O)CCCCCCC/C=C\CCCCCCCCC. The Bertz CT molecular complexity index is 1190. The van der Waals surface area contributed by atoms with Crippen molar-refractivity contribution in [1.82, 2.24) is 0 Å². The predicted molar refractivity (Wildman–Crippen MR) is 321 cm³/mol. The first-order chi connectivity index (χ1) is 36.5. The fraction of sp³-hybridized carbons (Fsp3) is 0.897. The molecule has 0 aliphatic carbocycles. The Morgan fingerprint density at radius 2 is 0.459 bits per heavy atom. The van der Waals surface area contributed by atoms with E-state index in [4.69, 9.17) is 14.2 Å². The average Bonchev–Trinajstić information content (AvgIpc) is 3.40. The first-order valence-electron chi connectivity index (χ1n) is 33.3. The number of rotatable bonds is 62. The van der Waals surface area contributed by atoms with Crippen LogP contribution in [-0.4, -0.2) is 37.2 Å². The fourth-order valence-corrected chi connectivity index (χ4v) is 10.1. The molecule has 0 aromatic carbocycles. The molecule has 0 aliphatic heterocycles. The van der Waals surface area contributed by atoms with E-state index in [2.05, 4.69) is 45.1 Å². The van der Waals surface area contributed by atoms with E-state index in [-0.39, 0.29) is 31.1 Å². The van der Waals surface area contributed by atoms with E-state index >= 15 is 0 Å². The summed E-state index contributed by atoms with van der Waals surface area (Å²) in [6, 6.07) is 0. The molecule has 0 amide bonds. The highest BCUT2D eigenvalue weighted by Crippen LogP contribution is 2.18. The van der Waals surface area contributed by atoms with Gasteiger partial charge < -0.3 is 14.2 Å². The molecule has 436 valence electrons. The number of carbonyl (C=O) groups excluding carboxylic acids is 3. The van der Waals surface area contributed by atoms with Crippen LogP contribution in [0.15, 0.2) is 24.3 Å². The minimum atomic E-state index is -0.776. The van der Waals surface area contributed by atoms with Crippen LogP contribution in [-0.2, 0) is 28.6 Å². The Kier molecular flexibility index (Phi) is 61.6. The van der Waals surface area contributed by atoms with Crippen molar-refractivity contribution in [2.45, 2.75) is 380 Å². The van der Waals surface area contributed by atoms with Crippen molar-refractivity contribution in [1.29, 1.82) is 0 Å². The van der Waals surface area contributed by atoms with E-state index < -0.39 is 6.10 Å². The van der Waals surface area contributed by atoms with Gasteiger partial charge in [0.1, 0.15) is 13.2 Å². The summed E-state index contributed by atoms with van der Waals surface area (Å²) in [5.41, 5.74) is 0. The standard InChI is InChI=1S/C68H128O6/c1-4-7-10-13-16-19-22-24-26-28-29-30-31-32-33-34-35-36-37-38-39-40-42-43-46-49-52-55-58-61-67(70)73-64-65(63-72-66(69)60-57-54-51-48-45-21-18-15-12-9-6-3)74-68(71)62-59-56-53-50-47-44-41-27-25-23-20-17-14-11-8-5-2/h15,18,27,41,65H,4-14,16-17,19-26,28-40,42-64H2,1-3H3/b18-15-,41-27-. The van der Waals surface area contributed by atoms with E-state index in [1.165, 1.54) is 263 Å². The molecular formula is C68H128O6. The number of hydrogen-bond donors (Lipinski definition) is 0. The van der Waals surface area contributed by atoms with Crippen molar-refractivity contribution in [3.05, 3.63) is 24.3 Å². The maximum atomic E-state index is 12.9. The van der Waals surface area contributed by atoms with Gasteiger partial charge in [-0.25, -0.2) is 0 Å². The second-order valence-corrected chi connectivity index (χ2v) is 22.7. The highest BCUT2D eigenvalue weighted by Gasteiger charge is 2.19. The van der Waals surface area contributed by atoms with Crippen LogP contribution in [0.3, 0.4) is 0 Å². The van der Waals surface area contributed by atoms with Gasteiger partial charge in [0.2, 0.25) is 0 Å². The Morgan fingerprint density at radius 1 is 0.257 bits per heavy atom. The minimum Gasteiger partial charge on any atom is -0.462 e. The van der Waals surface area contributed by atoms with Gasteiger partial charge in [0.15, 0.2) is 6.10 Å². The van der Waals surface area contributed by atoms with Crippen LogP contribution in [0.5, 0.6) is 0 Å². The lowest BCUT2D eigenvalue weighted by atomic mass is 10.0. The Morgan fingerprint density at radius 3 is 0.716 bits per heavy atom. The van der Waals surface area contributed by atoms with Gasteiger partial charge in [-0.3, -0.25) is 14.4 Å². The second-order valence-electron chi connectivity index (χ2n) is 22.7. The van der Waals surface area contributed by atoms with Gasteiger partial charge >= 0.3 is 17.9 Å². The molecule has 0 N–H and O–H groups in total. The van der Waals surface area contributed by atoms with Gasteiger partial charge in [-0.15, -0.1) is 0 Å². The Balaban J connectivity index is 4.11. The molecule has 74 heavy (non-hydrogen) atoms. The third-order valence-electron chi connectivity index (χ3n) is 15.2. The molecule has 0 heterocycles. The lowest BCUT2D eigenvalue weighted by Crippen LogP contribution is -2.30. The molecule has 6 nitrogen and oxygen atoms in total. The second kappa shape index (κ2) is 63.4. The van der Waals surface area contributed by atoms with Crippen LogP contribution >= 0.6 is 0 Å². The normalized spacial score (nSPS) is 12.1. The molecule has 0 aliphatic rings. The maximum Gasteiger partial charge on any atom is 0.306 e. The fourth-order valence-electron chi connectivity index (χ4n) is 10.1. The van der Waals surface area contributed by atoms with Crippen molar-refractivity contribution in [2.75, 3.05) is 13.2 Å². The van der Waals surface area contributed by atoms with Crippen LogP contribution in [0.2, 0.25) is 0 Å².